The van der Waals surface area contributed by atoms with Crippen LogP contribution in [0.5, 0.6) is 0 Å². The minimum Gasteiger partial charge on any atom is -0.465 e. The number of thioether (sulfide) groups is 1. The first-order chi connectivity index (χ1) is 15.9. The zero-order valence-corrected chi connectivity index (χ0v) is 21.0. The van der Waals surface area contributed by atoms with E-state index in [0.29, 0.717) is 46.1 Å². The van der Waals surface area contributed by atoms with Gasteiger partial charge in [0.05, 0.1) is 28.1 Å². The predicted molar refractivity (Wildman–Crippen MR) is 136 cm³/mol. The highest BCUT2D eigenvalue weighted by atomic mass is 35.5. The van der Waals surface area contributed by atoms with Crippen molar-refractivity contribution in [3.63, 3.8) is 0 Å². The summed E-state index contributed by atoms with van der Waals surface area (Å²) >= 11 is 7.87. The smallest absolute Gasteiger partial charge is 0.326 e. The van der Waals surface area contributed by atoms with E-state index in [4.69, 9.17) is 26.1 Å². The number of nitrogens with zero attached hydrogens (tertiary/aromatic N) is 2. The number of nitrogens with one attached hydrogen (secondary N) is 1. The molecule has 1 aliphatic carbocycles. The number of carbonyl (C=O) groups excluding carboxylic acids is 1. The van der Waals surface area contributed by atoms with Crippen molar-refractivity contribution < 1.29 is 14.3 Å². The Bertz CT molecular complexity index is 1120. The van der Waals surface area contributed by atoms with Gasteiger partial charge < -0.3 is 19.4 Å². The highest BCUT2D eigenvalue weighted by Gasteiger charge is 2.28. The number of anilines is 1. The van der Waals surface area contributed by atoms with Crippen LogP contribution in [0, 0.1) is 5.92 Å². The maximum atomic E-state index is 13.0. The van der Waals surface area contributed by atoms with Crippen LogP contribution in [0.4, 0.5) is 5.82 Å². The first-order valence-corrected chi connectivity index (χ1v) is 12.5. The lowest BCUT2D eigenvalue weighted by atomic mass is 9.82. The summed E-state index contributed by atoms with van der Waals surface area (Å²) in [4.78, 5) is 30.9. The third kappa shape index (κ3) is 5.99. The highest BCUT2D eigenvalue weighted by molar-refractivity contribution is 7.99. The first-order valence-electron chi connectivity index (χ1n) is 10.9. The summed E-state index contributed by atoms with van der Waals surface area (Å²) in [6, 6.07) is 4.88. The van der Waals surface area contributed by atoms with Gasteiger partial charge in [-0.3, -0.25) is 14.6 Å². The van der Waals surface area contributed by atoms with Crippen molar-refractivity contribution in [1.29, 1.82) is 0 Å². The Hall–Kier alpha value is -2.29. The maximum Gasteiger partial charge on any atom is 0.326 e. The van der Waals surface area contributed by atoms with Crippen LogP contribution in [-0.2, 0) is 20.8 Å². The fourth-order valence-electron chi connectivity index (χ4n) is 3.88. The molecule has 1 N–H and O–H groups in total. The molecule has 0 atom stereocenters. The SMILES string of the molecule is C/C=C\C(=NCC1CC(OC)C1)Nc1cc(=O)c2ccc(Cl)c(SC)c2n1CC(=O)OCC. The van der Waals surface area contributed by atoms with Crippen LogP contribution >= 0.6 is 23.4 Å². The Morgan fingerprint density at radius 1 is 1.39 bits per heavy atom. The summed E-state index contributed by atoms with van der Waals surface area (Å²) in [5.74, 6) is 1.14. The maximum absolute atomic E-state index is 13.0. The topological polar surface area (TPSA) is 81.9 Å². The van der Waals surface area contributed by atoms with Crippen molar-refractivity contribution in [1.82, 2.24) is 4.57 Å². The molecule has 1 aromatic carbocycles. The van der Waals surface area contributed by atoms with Crippen LogP contribution in [-0.4, -0.2) is 49.0 Å². The van der Waals surface area contributed by atoms with Crippen LogP contribution in [0.15, 0.2) is 45.0 Å². The number of hydrogen-bond acceptors (Lipinski definition) is 6. The standard InChI is InChI=1S/C24H30ClN3O4S/c1-5-7-20(26-13-15-10-16(11-15)31-3)27-21-12-19(29)17-8-9-18(25)24(33-4)23(17)28(21)14-22(30)32-6-2/h5,7-9,12,15-16H,6,10-11,13-14H2,1-4H3,(H,26,27)/b7-5-. The molecular weight excluding hydrogens is 462 g/mol. The van der Waals surface area contributed by atoms with E-state index in [1.165, 1.54) is 17.8 Å². The summed E-state index contributed by atoms with van der Waals surface area (Å²) in [7, 11) is 1.73. The van der Waals surface area contributed by atoms with E-state index in [-0.39, 0.29) is 18.6 Å². The average Bonchev–Trinajstić information content (AvgIpc) is 2.75. The molecule has 1 fully saturated rings. The molecule has 0 aliphatic heterocycles. The molecule has 7 nitrogen and oxygen atoms in total. The summed E-state index contributed by atoms with van der Waals surface area (Å²) in [6.45, 7) is 4.52. The lowest BCUT2D eigenvalue weighted by Crippen LogP contribution is -2.32. The molecule has 0 spiro atoms. The molecular formula is C24H30ClN3O4S. The summed E-state index contributed by atoms with van der Waals surface area (Å²) in [6.07, 6.45) is 7.91. The third-order valence-electron chi connectivity index (χ3n) is 5.60. The Morgan fingerprint density at radius 3 is 2.79 bits per heavy atom. The Labute approximate surface area is 203 Å². The molecule has 1 aromatic heterocycles. The van der Waals surface area contributed by atoms with Gasteiger partial charge in [0.15, 0.2) is 5.43 Å². The van der Waals surface area contributed by atoms with Crippen LogP contribution in [0.25, 0.3) is 10.9 Å². The van der Waals surface area contributed by atoms with E-state index in [2.05, 4.69) is 5.32 Å². The number of hydrogen-bond donors (Lipinski definition) is 1. The molecule has 0 radical (unpaired) electrons. The second-order valence-electron chi connectivity index (χ2n) is 7.81. The number of ether oxygens (including phenoxy) is 2. The second-order valence-corrected chi connectivity index (χ2v) is 9.03. The van der Waals surface area contributed by atoms with E-state index in [1.54, 1.807) is 30.7 Å². The molecule has 0 amide bonds. The number of amidine groups is 1. The minimum absolute atomic E-state index is 0.0673. The van der Waals surface area contributed by atoms with Crippen LogP contribution in [0.1, 0.15) is 26.7 Å². The van der Waals surface area contributed by atoms with E-state index in [0.717, 1.165) is 17.7 Å². The number of fused-ring (bicyclic) bond motifs is 1. The van der Waals surface area contributed by atoms with Crippen molar-refractivity contribution in [2.45, 2.75) is 44.2 Å². The third-order valence-corrected chi connectivity index (χ3v) is 6.85. The van der Waals surface area contributed by atoms with Crippen LogP contribution < -0.4 is 10.7 Å². The van der Waals surface area contributed by atoms with Crippen molar-refractivity contribution in [2.24, 2.45) is 10.9 Å². The number of rotatable bonds is 9. The van der Waals surface area contributed by atoms with Gasteiger partial charge in [-0.05, 0) is 57.1 Å². The number of benzene rings is 1. The number of aromatic nitrogens is 1. The molecule has 33 heavy (non-hydrogen) atoms. The largest absolute Gasteiger partial charge is 0.465 e. The molecule has 9 heteroatoms. The lowest BCUT2D eigenvalue weighted by molar-refractivity contribution is -0.143. The fourth-order valence-corrected chi connectivity index (χ4v) is 4.94. The van der Waals surface area contributed by atoms with Crippen LogP contribution in [0.2, 0.25) is 5.02 Å². The van der Waals surface area contributed by atoms with Gasteiger partial charge >= 0.3 is 5.97 Å². The number of methoxy groups -OCH3 is 1. The summed E-state index contributed by atoms with van der Waals surface area (Å²) < 4.78 is 12.3. The predicted octanol–water partition coefficient (Wildman–Crippen LogP) is 4.75. The van der Waals surface area contributed by atoms with Crippen molar-refractivity contribution in [2.75, 3.05) is 31.8 Å². The molecule has 3 rings (SSSR count). The van der Waals surface area contributed by atoms with Gasteiger partial charge in [0.2, 0.25) is 0 Å². The van der Waals surface area contributed by atoms with Crippen LogP contribution in [0.3, 0.4) is 0 Å². The number of halogens is 1. The summed E-state index contributed by atoms with van der Waals surface area (Å²) in [5.41, 5.74) is 0.432. The van der Waals surface area contributed by atoms with Gasteiger partial charge in [0, 0.05) is 25.1 Å². The fraction of sp³-hybridized carbons (Fsp3) is 0.458. The summed E-state index contributed by atoms with van der Waals surface area (Å²) in [5, 5.41) is 4.27. The number of allylic oxidation sites excluding steroid dienone is 1. The number of esters is 1. The molecule has 1 aliphatic rings. The van der Waals surface area contributed by atoms with E-state index < -0.39 is 5.97 Å². The monoisotopic (exact) mass is 491 g/mol. The lowest BCUT2D eigenvalue weighted by Gasteiger charge is -2.33. The molecule has 178 valence electrons. The highest BCUT2D eigenvalue weighted by Crippen LogP contribution is 2.34. The zero-order chi connectivity index (χ0) is 24.0. The molecule has 1 heterocycles. The van der Waals surface area contributed by atoms with E-state index in [1.807, 2.05) is 25.3 Å². The molecule has 0 saturated heterocycles. The van der Waals surface area contributed by atoms with Gasteiger partial charge in [-0.1, -0.05) is 17.7 Å². The normalized spacial score (nSPS) is 18.5. The van der Waals surface area contributed by atoms with Crippen molar-refractivity contribution in [3.05, 3.63) is 45.6 Å². The Morgan fingerprint density at radius 2 is 2.15 bits per heavy atom. The van der Waals surface area contributed by atoms with Crippen molar-refractivity contribution in [3.8, 4) is 0 Å². The van der Waals surface area contributed by atoms with Gasteiger partial charge in [-0.15, -0.1) is 11.8 Å². The number of pyridine rings is 1. The van der Waals surface area contributed by atoms with Gasteiger partial charge in [0.1, 0.15) is 18.2 Å². The molecule has 0 bridgehead atoms. The second kappa shape index (κ2) is 11.7. The van der Waals surface area contributed by atoms with Gasteiger partial charge in [-0.25, -0.2) is 0 Å². The first kappa shape index (κ1) is 25.3. The molecule has 2 aromatic rings. The Balaban J connectivity index is 2.05. The number of carbonyl (C=O) groups is 1. The molecule has 0 unspecified atom stereocenters. The zero-order valence-electron chi connectivity index (χ0n) is 19.4. The molecule has 1 saturated carbocycles. The number of aliphatic imine (C=N–C) groups is 1. The minimum atomic E-state index is -0.401. The van der Waals surface area contributed by atoms with Gasteiger partial charge in [-0.2, -0.15) is 0 Å². The average molecular weight is 492 g/mol. The quantitative estimate of drug-likeness (QED) is 0.236. The van der Waals surface area contributed by atoms with E-state index >= 15 is 0 Å². The van der Waals surface area contributed by atoms with Crippen molar-refractivity contribution >= 4 is 51.9 Å². The Kier molecular flexibility index (Phi) is 9.00. The van der Waals surface area contributed by atoms with E-state index in [9.17, 15) is 9.59 Å². The van der Waals surface area contributed by atoms with Gasteiger partial charge in [0.25, 0.3) is 0 Å².